The van der Waals surface area contributed by atoms with Gasteiger partial charge in [0, 0.05) is 15.8 Å². The second-order valence-corrected chi connectivity index (χ2v) is 6.68. The van der Waals surface area contributed by atoms with Crippen LogP contribution in [0.2, 0.25) is 0 Å². The zero-order valence-electron chi connectivity index (χ0n) is 10.1. The van der Waals surface area contributed by atoms with E-state index in [0.29, 0.717) is 16.6 Å². The molecule has 98 valence electrons. The summed E-state index contributed by atoms with van der Waals surface area (Å²) in [6, 6.07) is 4.11. The Labute approximate surface area is 119 Å². The molecule has 1 aromatic carbocycles. The van der Waals surface area contributed by atoms with Crippen LogP contribution in [0.15, 0.2) is 22.7 Å². The fraction of sp³-hybridized carbons (Fsp3) is 0.462. The van der Waals surface area contributed by atoms with Crippen molar-refractivity contribution in [2.45, 2.75) is 24.0 Å². The molecule has 0 radical (unpaired) electrons. The number of nitrogens with one attached hydrogen (secondary N) is 1. The van der Waals surface area contributed by atoms with Crippen molar-refractivity contribution < 1.29 is 9.18 Å². The van der Waals surface area contributed by atoms with Crippen LogP contribution in [0, 0.1) is 5.82 Å². The summed E-state index contributed by atoms with van der Waals surface area (Å²) in [7, 11) is 0. The maximum absolute atomic E-state index is 12.9. The van der Waals surface area contributed by atoms with Crippen molar-refractivity contribution in [3.63, 3.8) is 0 Å². The summed E-state index contributed by atoms with van der Waals surface area (Å²) < 4.78 is 13.6. The fourth-order valence-electron chi connectivity index (χ4n) is 2.03. The lowest BCUT2D eigenvalue weighted by Gasteiger charge is -2.40. The fourth-order valence-corrected chi connectivity index (χ4v) is 3.48. The molecule has 0 unspecified atom stereocenters. The SMILES string of the molecule is CSC1(CNC(=O)c2ccc(F)cc2Br)CCC1. The Morgan fingerprint density at radius 3 is 2.78 bits per heavy atom. The topological polar surface area (TPSA) is 29.1 Å². The minimum absolute atomic E-state index is 0.151. The van der Waals surface area contributed by atoms with Crippen molar-refractivity contribution >= 4 is 33.6 Å². The van der Waals surface area contributed by atoms with Gasteiger partial charge in [-0.1, -0.05) is 6.42 Å². The number of rotatable bonds is 4. The van der Waals surface area contributed by atoms with Crippen LogP contribution in [0.25, 0.3) is 0 Å². The number of carbonyl (C=O) groups excluding carboxylic acids is 1. The standard InChI is InChI=1S/C13H15BrFNOS/c1-18-13(5-2-6-13)8-16-12(17)10-4-3-9(15)7-11(10)14/h3-4,7H,2,5-6,8H2,1H3,(H,16,17). The predicted molar refractivity (Wildman–Crippen MR) is 76.5 cm³/mol. The van der Waals surface area contributed by atoms with E-state index in [-0.39, 0.29) is 16.5 Å². The molecule has 1 fully saturated rings. The molecule has 1 amide bonds. The van der Waals surface area contributed by atoms with Crippen LogP contribution >= 0.6 is 27.7 Å². The zero-order chi connectivity index (χ0) is 13.2. The van der Waals surface area contributed by atoms with E-state index in [2.05, 4.69) is 27.5 Å². The molecule has 0 saturated heterocycles. The highest BCUT2D eigenvalue weighted by atomic mass is 79.9. The van der Waals surface area contributed by atoms with Crippen molar-refractivity contribution in [3.05, 3.63) is 34.1 Å². The smallest absolute Gasteiger partial charge is 0.252 e. The van der Waals surface area contributed by atoms with E-state index in [0.717, 1.165) is 12.8 Å². The number of amides is 1. The molecule has 0 aliphatic heterocycles. The first-order chi connectivity index (χ1) is 8.56. The highest BCUT2D eigenvalue weighted by Crippen LogP contribution is 2.42. The molecule has 0 aromatic heterocycles. The Balaban J connectivity index is 1.99. The van der Waals surface area contributed by atoms with E-state index in [9.17, 15) is 9.18 Å². The highest BCUT2D eigenvalue weighted by molar-refractivity contribution is 9.10. The van der Waals surface area contributed by atoms with Crippen molar-refractivity contribution in [1.82, 2.24) is 5.32 Å². The van der Waals surface area contributed by atoms with Crippen molar-refractivity contribution in [2.24, 2.45) is 0 Å². The van der Waals surface area contributed by atoms with Crippen LogP contribution in [0.4, 0.5) is 4.39 Å². The Morgan fingerprint density at radius 1 is 1.56 bits per heavy atom. The summed E-state index contributed by atoms with van der Waals surface area (Å²) >= 11 is 5.03. The Morgan fingerprint density at radius 2 is 2.28 bits per heavy atom. The molecule has 18 heavy (non-hydrogen) atoms. The van der Waals surface area contributed by atoms with E-state index in [4.69, 9.17) is 0 Å². The molecule has 1 aromatic rings. The van der Waals surface area contributed by atoms with E-state index in [1.807, 2.05) is 11.8 Å². The minimum atomic E-state index is -0.349. The van der Waals surface area contributed by atoms with Gasteiger partial charge in [-0.15, -0.1) is 0 Å². The zero-order valence-corrected chi connectivity index (χ0v) is 12.5. The number of halogens is 2. The number of hydrogen-bond donors (Lipinski definition) is 1. The van der Waals surface area contributed by atoms with E-state index >= 15 is 0 Å². The Hall–Kier alpha value is -0.550. The molecule has 5 heteroatoms. The third-order valence-electron chi connectivity index (χ3n) is 3.44. The summed E-state index contributed by atoms with van der Waals surface area (Å²) in [5.41, 5.74) is 0.479. The molecule has 2 nitrogen and oxygen atoms in total. The van der Waals surface area contributed by atoms with Gasteiger partial charge in [0.25, 0.3) is 5.91 Å². The van der Waals surface area contributed by atoms with Crippen molar-refractivity contribution in [2.75, 3.05) is 12.8 Å². The van der Waals surface area contributed by atoms with Gasteiger partial charge in [0.05, 0.1) is 5.56 Å². The van der Waals surface area contributed by atoms with Crippen LogP contribution in [-0.2, 0) is 0 Å². The summed E-state index contributed by atoms with van der Waals surface area (Å²) in [5.74, 6) is -0.500. The highest BCUT2D eigenvalue weighted by Gasteiger charge is 2.36. The summed E-state index contributed by atoms with van der Waals surface area (Å²) in [4.78, 5) is 12.0. The quantitative estimate of drug-likeness (QED) is 0.913. The summed E-state index contributed by atoms with van der Waals surface area (Å²) in [6.07, 6.45) is 5.62. The van der Waals surface area contributed by atoms with Crippen LogP contribution < -0.4 is 5.32 Å². The van der Waals surface area contributed by atoms with Gasteiger partial charge in [-0.05, 0) is 53.2 Å². The lowest BCUT2D eigenvalue weighted by Crippen LogP contribution is -2.45. The van der Waals surface area contributed by atoms with Crippen LogP contribution in [0.5, 0.6) is 0 Å². The summed E-state index contributed by atoms with van der Waals surface area (Å²) in [5, 5.41) is 2.94. The van der Waals surface area contributed by atoms with Gasteiger partial charge in [-0.2, -0.15) is 11.8 Å². The molecule has 0 spiro atoms. The first-order valence-electron chi connectivity index (χ1n) is 5.85. The molecule has 2 rings (SSSR count). The van der Waals surface area contributed by atoms with Gasteiger partial charge in [0.2, 0.25) is 0 Å². The van der Waals surface area contributed by atoms with E-state index in [1.165, 1.54) is 24.6 Å². The van der Waals surface area contributed by atoms with Crippen molar-refractivity contribution in [3.8, 4) is 0 Å². The third-order valence-corrected chi connectivity index (χ3v) is 5.52. The predicted octanol–water partition coefficient (Wildman–Crippen LogP) is 3.60. The number of thioether (sulfide) groups is 1. The van der Waals surface area contributed by atoms with Gasteiger partial charge in [0.1, 0.15) is 5.82 Å². The Kier molecular flexibility index (Phi) is 4.33. The average molecular weight is 332 g/mol. The number of benzene rings is 1. The van der Waals surface area contributed by atoms with Crippen molar-refractivity contribution in [1.29, 1.82) is 0 Å². The van der Waals surface area contributed by atoms with Gasteiger partial charge in [0.15, 0.2) is 0 Å². The molecule has 1 N–H and O–H groups in total. The number of carbonyl (C=O) groups is 1. The minimum Gasteiger partial charge on any atom is -0.351 e. The second kappa shape index (κ2) is 5.61. The van der Waals surface area contributed by atoms with E-state index in [1.54, 1.807) is 0 Å². The molecule has 0 heterocycles. The molecule has 0 bridgehead atoms. The lowest BCUT2D eigenvalue weighted by atomic mass is 9.84. The van der Waals surface area contributed by atoms with Gasteiger partial charge in [-0.25, -0.2) is 4.39 Å². The molecule has 1 aliphatic rings. The first-order valence-corrected chi connectivity index (χ1v) is 7.86. The molecule has 0 atom stereocenters. The third kappa shape index (κ3) is 2.88. The molecule has 1 aliphatic carbocycles. The first kappa shape index (κ1) is 13.9. The van der Waals surface area contributed by atoms with Crippen LogP contribution in [-0.4, -0.2) is 23.5 Å². The monoisotopic (exact) mass is 331 g/mol. The molecule has 1 saturated carbocycles. The van der Waals surface area contributed by atoms with E-state index < -0.39 is 0 Å². The Bertz CT molecular complexity index is 457. The summed E-state index contributed by atoms with van der Waals surface area (Å²) in [6.45, 7) is 0.677. The maximum Gasteiger partial charge on any atom is 0.252 e. The van der Waals surface area contributed by atoms with Crippen LogP contribution in [0.1, 0.15) is 29.6 Å². The maximum atomic E-state index is 12.9. The normalized spacial score (nSPS) is 17.1. The largest absolute Gasteiger partial charge is 0.351 e. The number of hydrogen-bond acceptors (Lipinski definition) is 2. The van der Waals surface area contributed by atoms with Crippen LogP contribution in [0.3, 0.4) is 0 Å². The van der Waals surface area contributed by atoms with Gasteiger partial charge in [-0.3, -0.25) is 4.79 Å². The lowest BCUT2D eigenvalue weighted by molar-refractivity contribution is 0.0943. The average Bonchev–Trinajstić information content (AvgIpc) is 2.27. The molecular weight excluding hydrogens is 317 g/mol. The molecular formula is C13H15BrFNOS. The van der Waals surface area contributed by atoms with Gasteiger partial charge >= 0.3 is 0 Å². The second-order valence-electron chi connectivity index (χ2n) is 4.55. The van der Waals surface area contributed by atoms with Gasteiger partial charge < -0.3 is 5.32 Å².